The van der Waals surface area contributed by atoms with E-state index in [9.17, 15) is 19.9 Å². The van der Waals surface area contributed by atoms with Crippen molar-refractivity contribution in [3.05, 3.63) is 33.3 Å². The molecule has 1 aromatic carbocycles. The predicted molar refractivity (Wildman–Crippen MR) is 109 cm³/mol. The smallest absolute Gasteiger partial charge is 0.469 e. The van der Waals surface area contributed by atoms with E-state index in [4.69, 9.17) is 28.9 Å². The van der Waals surface area contributed by atoms with E-state index in [1.807, 2.05) is 6.07 Å². The van der Waals surface area contributed by atoms with Gasteiger partial charge in [-0.1, -0.05) is 23.2 Å². The second-order valence-electron chi connectivity index (χ2n) is 7.88. The summed E-state index contributed by atoms with van der Waals surface area (Å²) in [7, 11) is -1.63. The van der Waals surface area contributed by atoms with Crippen molar-refractivity contribution >= 4 is 36.3 Å². The van der Waals surface area contributed by atoms with Crippen LogP contribution in [0.5, 0.6) is 0 Å². The van der Waals surface area contributed by atoms with Gasteiger partial charge in [0.25, 0.3) is 0 Å². The lowest BCUT2D eigenvalue weighted by Crippen LogP contribution is -2.45. The van der Waals surface area contributed by atoms with Crippen molar-refractivity contribution in [2.24, 2.45) is 23.5 Å². The van der Waals surface area contributed by atoms with Crippen molar-refractivity contribution in [1.82, 2.24) is 10.6 Å². The summed E-state index contributed by atoms with van der Waals surface area (Å²) in [5, 5.41) is 36.3. The molecule has 0 amide bonds. The van der Waals surface area contributed by atoms with Crippen LogP contribution in [0.1, 0.15) is 24.0 Å². The Morgan fingerprint density at radius 2 is 2.07 bits per heavy atom. The maximum absolute atomic E-state index is 11.7. The summed E-state index contributed by atoms with van der Waals surface area (Å²) >= 11 is 12.5. The summed E-state index contributed by atoms with van der Waals surface area (Å²) in [6, 6.07) is 3.73. The zero-order valence-electron chi connectivity index (χ0n) is 15.4. The molecular weight excluding hydrogens is 404 g/mol. The second kappa shape index (κ2) is 9.30. The van der Waals surface area contributed by atoms with Crippen molar-refractivity contribution in [3.8, 4) is 0 Å². The van der Waals surface area contributed by atoms with Gasteiger partial charge >= 0.3 is 13.1 Å². The molecule has 2 aliphatic rings. The minimum absolute atomic E-state index is 0.0713. The number of halogens is 2. The standard InChI is InChI=1S/C18H26BCl2N3O4/c20-11-1-10-6-24-12(5-13(10)16(21)4-11)2-9(3-17(22)19(27)28)14-7-23-8-15(14)18(25)26/h1,4,9,12,14-15,17,23-24,27-28H,2-3,5-8,22H2,(H,25,26)/t9-,12?,14?,15?,17-/m1/s1. The van der Waals surface area contributed by atoms with Crippen molar-refractivity contribution < 1.29 is 19.9 Å². The number of hydrogen-bond acceptors (Lipinski definition) is 6. The van der Waals surface area contributed by atoms with Crippen molar-refractivity contribution in [2.75, 3.05) is 13.1 Å². The highest BCUT2D eigenvalue weighted by molar-refractivity contribution is 6.43. The molecule has 0 radical (unpaired) electrons. The fraction of sp³-hybridized carbons (Fsp3) is 0.611. The van der Waals surface area contributed by atoms with Crippen LogP contribution in [-0.4, -0.2) is 53.3 Å². The highest BCUT2D eigenvalue weighted by Crippen LogP contribution is 2.35. The van der Waals surface area contributed by atoms with Gasteiger partial charge in [-0.25, -0.2) is 0 Å². The Kier molecular flexibility index (Phi) is 7.25. The Morgan fingerprint density at radius 1 is 1.32 bits per heavy atom. The van der Waals surface area contributed by atoms with Crippen LogP contribution in [0, 0.1) is 17.8 Å². The largest absolute Gasteiger partial charge is 0.481 e. The fourth-order valence-electron chi connectivity index (χ4n) is 4.53. The maximum atomic E-state index is 11.7. The maximum Gasteiger partial charge on any atom is 0.469 e. The number of nitrogens with one attached hydrogen (secondary N) is 2. The van der Waals surface area contributed by atoms with Gasteiger partial charge in [0, 0.05) is 35.1 Å². The van der Waals surface area contributed by atoms with E-state index >= 15 is 0 Å². The molecular formula is C18H26BCl2N3O4. The summed E-state index contributed by atoms with van der Waals surface area (Å²) < 4.78 is 0. The molecule has 0 bridgehead atoms. The van der Waals surface area contributed by atoms with Gasteiger partial charge in [0.1, 0.15) is 0 Å². The van der Waals surface area contributed by atoms with Crippen LogP contribution in [-0.2, 0) is 17.8 Å². The molecule has 2 heterocycles. The number of carbonyl (C=O) groups is 1. The van der Waals surface area contributed by atoms with E-state index < -0.39 is 24.9 Å². The van der Waals surface area contributed by atoms with Gasteiger partial charge in [-0.2, -0.15) is 0 Å². The average Bonchev–Trinajstić information content (AvgIpc) is 3.11. The molecule has 28 heavy (non-hydrogen) atoms. The van der Waals surface area contributed by atoms with Crippen molar-refractivity contribution in [1.29, 1.82) is 0 Å². The zero-order valence-corrected chi connectivity index (χ0v) is 17.0. The lowest BCUT2D eigenvalue weighted by atomic mass is 9.69. The Labute approximate surface area is 174 Å². The highest BCUT2D eigenvalue weighted by Gasteiger charge is 2.40. The van der Waals surface area contributed by atoms with E-state index in [1.165, 1.54) is 0 Å². The fourth-order valence-corrected chi connectivity index (χ4v) is 5.14. The Bertz CT molecular complexity index is 724. The molecule has 154 valence electrons. The van der Waals surface area contributed by atoms with Crippen molar-refractivity contribution in [2.45, 2.75) is 37.8 Å². The van der Waals surface area contributed by atoms with Gasteiger partial charge in [0.05, 0.1) is 5.92 Å². The van der Waals surface area contributed by atoms with Crippen molar-refractivity contribution in [3.63, 3.8) is 0 Å². The third-order valence-electron chi connectivity index (χ3n) is 6.01. The zero-order chi connectivity index (χ0) is 20.4. The Balaban J connectivity index is 1.76. The topological polar surface area (TPSA) is 128 Å². The number of aliphatic carboxylic acids is 1. The second-order valence-corrected chi connectivity index (χ2v) is 8.73. The molecule has 7 nitrogen and oxygen atoms in total. The summed E-state index contributed by atoms with van der Waals surface area (Å²) in [6.07, 6.45) is 1.72. The van der Waals surface area contributed by atoms with E-state index in [0.29, 0.717) is 48.9 Å². The lowest BCUT2D eigenvalue weighted by Gasteiger charge is -2.34. The third kappa shape index (κ3) is 5.00. The molecule has 1 fully saturated rings. The summed E-state index contributed by atoms with van der Waals surface area (Å²) in [6.45, 7) is 1.63. The summed E-state index contributed by atoms with van der Waals surface area (Å²) in [4.78, 5) is 11.7. The van der Waals surface area contributed by atoms with Crippen LogP contribution in [0.25, 0.3) is 0 Å². The minimum atomic E-state index is -1.63. The number of hydrogen-bond donors (Lipinski definition) is 6. The van der Waals surface area contributed by atoms with Crippen LogP contribution in [0.3, 0.4) is 0 Å². The third-order valence-corrected chi connectivity index (χ3v) is 6.57. The number of rotatable bonds is 7. The summed E-state index contributed by atoms with van der Waals surface area (Å²) in [5.74, 6) is -2.36. The number of fused-ring (bicyclic) bond motifs is 1. The van der Waals surface area contributed by atoms with Gasteiger partial charge in [0.15, 0.2) is 0 Å². The minimum Gasteiger partial charge on any atom is -0.481 e. The monoisotopic (exact) mass is 429 g/mol. The average molecular weight is 430 g/mol. The molecule has 0 saturated carbocycles. The first kappa shape index (κ1) is 21.8. The van der Waals surface area contributed by atoms with Crippen LogP contribution in [0.4, 0.5) is 0 Å². The molecule has 1 saturated heterocycles. The quantitative estimate of drug-likeness (QED) is 0.351. The van der Waals surface area contributed by atoms with E-state index in [-0.39, 0.29) is 17.9 Å². The summed E-state index contributed by atoms with van der Waals surface area (Å²) in [5.41, 5.74) is 8.03. The Morgan fingerprint density at radius 3 is 2.75 bits per heavy atom. The van der Waals surface area contributed by atoms with Gasteiger partial charge in [-0.3, -0.25) is 4.79 Å². The van der Waals surface area contributed by atoms with E-state index in [2.05, 4.69) is 10.6 Å². The van der Waals surface area contributed by atoms with Gasteiger partial charge in [0.2, 0.25) is 0 Å². The first-order chi connectivity index (χ1) is 13.3. The molecule has 3 unspecified atom stereocenters. The molecule has 1 aromatic rings. The number of nitrogens with two attached hydrogens (primary N) is 1. The molecule has 2 aliphatic heterocycles. The van der Waals surface area contributed by atoms with Crippen LogP contribution < -0.4 is 16.4 Å². The first-order valence-electron chi connectivity index (χ1n) is 9.51. The van der Waals surface area contributed by atoms with Gasteiger partial charge in [-0.15, -0.1) is 0 Å². The molecule has 0 aliphatic carbocycles. The number of benzene rings is 1. The Hall–Kier alpha value is -0.865. The SMILES string of the molecule is N[C@H](C[C@@H](CC1Cc2c(Cl)cc(Cl)cc2CN1)C1CNCC1C(=O)O)B(O)O. The molecule has 10 heteroatoms. The first-order valence-corrected chi connectivity index (χ1v) is 10.3. The van der Waals surface area contributed by atoms with Crippen LogP contribution >= 0.6 is 23.2 Å². The van der Waals surface area contributed by atoms with E-state index in [1.54, 1.807) is 6.07 Å². The lowest BCUT2D eigenvalue weighted by molar-refractivity contribution is -0.143. The highest BCUT2D eigenvalue weighted by atomic mass is 35.5. The van der Waals surface area contributed by atoms with Crippen LogP contribution in [0.2, 0.25) is 10.0 Å². The number of carboxylic acids is 1. The molecule has 0 spiro atoms. The molecule has 5 atom stereocenters. The van der Waals surface area contributed by atoms with Gasteiger partial charge in [-0.05, 0) is 60.9 Å². The normalized spacial score (nSPS) is 26.5. The molecule has 3 rings (SSSR count). The predicted octanol–water partition coefficient (Wildman–Crippen LogP) is 0.664. The van der Waals surface area contributed by atoms with Gasteiger partial charge < -0.3 is 31.5 Å². The molecule has 7 N–H and O–H groups in total. The molecule has 0 aromatic heterocycles. The van der Waals surface area contributed by atoms with E-state index in [0.717, 1.165) is 11.1 Å². The number of carboxylic acid groups (broad SMARTS) is 1. The van der Waals surface area contributed by atoms with Crippen LogP contribution in [0.15, 0.2) is 12.1 Å².